The first kappa shape index (κ1) is 25.6. The molecular formula is C29H34O4S. The highest BCUT2D eigenvalue weighted by Crippen LogP contribution is 2.38. The summed E-state index contributed by atoms with van der Waals surface area (Å²) in [6.07, 6.45) is 15.7. The lowest BCUT2D eigenvalue weighted by Gasteiger charge is -2.12. The molecule has 0 spiro atoms. The van der Waals surface area contributed by atoms with Crippen molar-refractivity contribution in [3.05, 3.63) is 82.8 Å². The molecule has 0 fully saturated rings. The van der Waals surface area contributed by atoms with E-state index in [1.807, 2.05) is 12.1 Å². The molecule has 180 valence electrons. The predicted octanol–water partition coefficient (Wildman–Crippen LogP) is 7.66. The number of benzene rings is 2. The standard InChI is InChI=1S/C29H34O4S/c1-21-14-13-17-27-23(21)20-28(34-27)24(30)16-12-10-8-6-5-7-9-11-15-22-18-25(31-2)29(33-4)26(19-22)32-3/h5-6,8,10-11,13-15,17-20,24,30H,7,9,12,16H2,1-4H3/b6-5+,10-8+,15-11-. The molecule has 0 radical (unpaired) electrons. The summed E-state index contributed by atoms with van der Waals surface area (Å²) in [6.45, 7) is 2.11. The van der Waals surface area contributed by atoms with Crippen LogP contribution >= 0.6 is 11.3 Å². The lowest BCUT2D eigenvalue weighted by atomic mass is 10.1. The van der Waals surface area contributed by atoms with Crippen LogP contribution < -0.4 is 14.2 Å². The van der Waals surface area contributed by atoms with Crippen molar-refractivity contribution in [1.29, 1.82) is 0 Å². The molecule has 1 unspecified atom stereocenters. The summed E-state index contributed by atoms with van der Waals surface area (Å²) in [4.78, 5) is 1.05. The topological polar surface area (TPSA) is 47.9 Å². The van der Waals surface area contributed by atoms with Crippen LogP contribution in [0.3, 0.4) is 0 Å². The number of allylic oxidation sites excluding steroid dienone is 5. The predicted molar refractivity (Wildman–Crippen MR) is 143 cm³/mol. The van der Waals surface area contributed by atoms with Crippen LogP contribution in [0.5, 0.6) is 17.2 Å². The second-order valence-corrected chi connectivity index (χ2v) is 9.14. The summed E-state index contributed by atoms with van der Waals surface area (Å²) < 4.78 is 17.4. The second kappa shape index (κ2) is 13.0. The molecule has 1 atom stereocenters. The van der Waals surface area contributed by atoms with E-state index in [0.29, 0.717) is 17.2 Å². The summed E-state index contributed by atoms with van der Waals surface area (Å²) in [6, 6.07) is 12.3. The van der Waals surface area contributed by atoms with E-state index in [1.54, 1.807) is 32.7 Å². The summed E-state index contributed by atoms with van der Waals surface area (Å²) >= 11 is 1.69. The first-order chi connectivity index (χ1) is 16.6. The lowest BCUT2D eigenvalue weighted by molar-refractivity contribution is 0.172. The fourth-order valence-electron chi connectivity index (χ4n) is 3.75. The number of fused-ring (bicyclic) bond motifs is 1. The first-order valence-corrected chi connectivity index (χ1v) is 12.3. The van der Waals surface area contributed by atoms with Gasteiger partial charge in [-0.2, -0.15) is 0 Å². The van der Waals surface area contributed by atoms with E-state index in [4.69, 9.17) is 14.2 Å². The van der Waals surface area contributed by atoms with Crippen LogP contribution in [0.2, 0.25) is 0 Å². The molecule has 0 bridgehead atoms. The van der Waals surface area contributed by atoms with Crippen LogP contribution in [0.15, 0.2) is 66.8 Å². The highest BCUT2D eigenvalue weighted by atomic mass is 32.1. The number of hydrogen-bond acceptors (Lipinski definition) is 5. The molecule has 0 aliphatic carbocycles. The van der Waals surface area contributed by atoms with Crippen molar-refractivity contribution in [3.63, 3.8) is 0 Å². The summed E-state index contributed by atoms with van der Waals surface area (Å²) in [5.41, 5.74) is 2.27. The van der Waals surface area contributed by atoms with Crippen molar-refractivity contribution < 1.29 is 19.3 Å². The second-order valence-electron chi connectivity index (χ2n) is 8.02. The van der Waals surface area contributed by atoms with Gasteiger partial charge in [-0.3, -0.25) is 0 Å². The maximum Gasteiger partial charge on any atom is 0.203 e. The molecule has 1 heterocycles. The van der Waals surface area contributed by atoms with E-state index in [9.17, 15) is 5.11 Å². The van der Waals surface area contributed by atoms with Gasteiger partial charge in [-0.05, 0) is 73.4 Å². The fraction of sp³-hybridized carbons (Fsp3) is 0.310. The van der Waals surface area contributed by atoms with Crippen molar-refractivity contribution >= 4 is 27.5 Å². The maximum absolute atomic E-state index is 10.5. The van der Waals surface area contributed by atoms with Crippen LogP contribution in [-0.2, 0) is 0 Å². The monoisotopic (exact) mass is 478 g/mol. The Hall–Kier alpha value is -3.02. The van der Waals surface area contributed by atoms with Gasteiger partial charge in [0.2, 0.25) is 5.75 Å². The Balaban J connectivity index is 1.40. The first-order valence-electron chi connectivity index (χ1n) is 11.5. The lowest BCUT2D eigenvalue weighted by Crippen LogP contribution is -1.95. The highest BCUT2D eigenvalue weighted by Gasteiger charge is 2.12. The Morgan fingerprint density at radius 1 is 0.882 bits per heavy atom. The molecule has 1 N–H and O–H groups in total. The number of thiophene rings is 1. The van der Waals surface area contributed by atoms with E-state index in [1.165, 1.54) is 15.6 Å². The third-order valence-electron chi connectivity index (χ3n) is 5.61. The quantitative estimate of drug-likeness (QED) is 0.214. The number of aryl methyl sites for hydroxylation is 1. The van der Waals surface area contributed by atoms with Crippen molar-refractivity contribution in [3.8, 4) is 17.2 Å². The van der Waals surface area contributed by atoms with Gasteiger partial charge in [0.15, 0.2) is 11.5 Å². The van der Waals surface area contributed by atoms with Gasteiger partial charge in [0.1, 0.15) is 0 Å². The number of methoxy groups -OCH3 is 3. The van der Waals surface area contributed by atoms with E-state index in [-0.39, 0.29) is 0 Å². The van der Waals surface area contributed by atoms with Crippen LogP contribution in [0.4, 0.5) is 0 Å². The number of aliphatic hydroxyl groups is 1. The number of hydrogen-bond donors (Lipinski definition) is 1. The third kappa shape index (κ3) is 6.75. The molecule has 0 saturated carbocycles. The molecule has 1 aromatic heterocycles. The summed E-state index contributed by atoms with van der Waals surface area (Å²) in [5.74, 6) is 1.90. The molecule has 0 saturated heterocycles. The normalized spacial score (nSPS) is 12.9. The molecule has 3 rings (SSSR count). The Bertz CT molecular complexity index is 1130. The fourth-order valence-corrected chi connectivity index (χ4v) is 4.91. The smallest absolute Gasteiger partial charge is 0.203 e. The molecule has 34 heavy (non-hydrogen) atoms. The number of aliphatic hydroxyl groups excluding tert-OH is 1. The van der Waals surface area contributed by atoms with Crippen molar-refractivity contribution in [2.45, 2.75) is 38.7 Å². The third-order valence-corrected chi connectivity index (χ3v) is 6.82. The highest BCUT2D eigenvalue weighted by molar-refractivity contribution is 7.19. The molecule has 5 heteroatoms. The minimum atomic E-state index is -0.411. The summed E-state index contributed by atoms with van der Waals surface area (Å²) in [7, 11) is 4.84. The van der Waals surface area contributed by atoms with Gasteiger partial charge in [0.05, 0.1) is 27.4 Å². The van der Waals surface area contributed by atoms with Crippen molar-refractivity contribution in [2.75, 3.05) is 21.3 Å². The van der Waals surface area contributed by atoms with Crippen LogP contribution in [0, 0.1) is 6.92 Å². The average molecular weight is 479 g/mol. The number of unbranched alkanes of at least 4 members (excludes halogenated alkanes) is 1. The van der Waals surface area contributed by atoms with E-state index < -0.39 is 6.10 Å². The van der Waals surface area contributed by atoms with Gasteiger partial charge < -0.3 is 19.3 Å². The molecule has 3 aromatic rings. The number of rotatable bonds is 12. The largest absolute Gasteiger partial charge is 0.493 e. The minimum Gasteiger partial charge on any atom is -0.493 e. The Morgan fingerprint density at radius 2 is 1.56 bits per heavy atom. The van der Waals surface area contributed by atoms with Gasteiger partial charge >= 0.3 is 0 Å². The van der Waals surface area contributed by atoms with Crippen molar-refractivity contribution in [1.82, 2.24) is 0 Å². The molecule has 0 aliphatic rings. The van der Waals surface area contributed by atoms with Gasteiger partial charge in [0.25, 0.3) is 0 Å². The van der Waals surface area contributed by atoms with Gasteiger partial charge in [-0.1, -0.05) is 48.6 Å². The van der Waals surface area contributed by atoms with Gasteiger partial charge in [-0.25, -0.2) is 0 Å². The maximum atomic E-state index is 10.5. The molecule has 2 aromatic carbocycles. The zero-order chi connectivity index (χ0) is 24.3. The Kier molecular flexibility index (Phi) is 9.80. The van der Waals surface area contributed by atoms with Crippen LogP contribution in [0.25, 0.3) is 16.2 Å². The minimum absolute atomic E-state index is 0.411. The Labute approximate surface area is 206 Å². The van der Waals surface area contributed by atoms with E-state index >= 15 is 0 Å². The SMILES string of the molecule is COc1cc(/C=C\CC/C=C/C=C/CCC(O)c2cc3c(C)cccc3s2)cc(OC)c1OC. The average Bonchev–Trinajstić information content (AvgIpc) is 3.30. The zero-order valence-electron chi connectivity index (χ0n) is 20.4. The van der Waals surface area contributed by atoms with Crippen LogP contribution in [-0.4, -0.2) is 26.4 Å². The van der Waals surface area contributed by atoms with Crippen LogP contribution in [0.1, 0.15) is 47.8 Å². The van der Waals surface area contributed by atoms with E-state index in [2.05, 4.69) is 67.6 Å². The molecule has 4 nitrogen and oxygen atoms in total. The number of ether oxygens (including phenoxy) is 3. The summed E-state index contributed by atoms with van der Waals surface area (Å²) in [5, 5.41) is 11.8. The Morgan fingerprint density at radius 3 is 2.21 bits per heavy atom. The van der Waals surface area contributed by atoms with Crippen molar-refractivity contribution in [2.24, 2.45) is 0 Å². The molecule has 0 amide bonds. The van der Waals surface area contributed by atoms with Gasteiger partial charge in [0, 0.05) is 9.58 Å². The van der Waals surface area contributed by atoms with E-state index in [0.717, 1.165) is 36.1 Å². The zero-order valence-corrected chi connectivity index (χ0v) is 21.2. The molecule has 0 aliphatic heterocycles. The molecular weight excluding hydrogens is 444 g/mol. The van der Waals surface area contributed by atoms with Gasteiger partial charge in [-0.15, -0.1) is 11.3 Å².